The van der Waals surface area contributed by atoms with Crippen LogP contribution < -0.4 is 4.74 Å². The lowest BCUT2D eigenvalue weighted by molar-refractivity contribution is -0.145. The van der Waals surface area contributed by atoms with Gasteiger partial charge in [-0.1, -0.05) is 15.9 Å². The van der Waals surface area contributed by atoms with Gasteiger partial charge < -0.3 is 9.47 Å². The van der Waals surface area contributed by atoms with Crippen LogP contribution in [0.4, 0.5) is 0 Å². The molecule has 5 heteroatoms. The summed E-state index contributed by atoms with van der Waals surface area (Å²) in [5, 5.41) is 0. The Hall–Kier alpha value is -1.07. The van der Waals surface area contributed by atoms with Gasteiger partial charge in [-0.2, -0.15) is 0 Å². The van der Waals surface area contributed by atoms with Crippen LogP contribution in [-0.4, -0.2) is 36.7 Å². The number of hydrogen-bond acceptors (Lipinski definition) is 4. The molecule has 0 saturated carbocycles. The number of benzene rings is 1. The minimum Gasteiger partial charge on any atom is -0.493 e. The average Bonchev–Trinajstić information content (AvgIpc) is 2.86. The second kappa shape index (κ2) is 7.27. The van der Waals surface area contributed by atoms with Gasteiger partial charge in [0.2, 0.25) is 0 Å². The normalized spacial score (nSPS) is 13.4. The zero-order chi connectivity index (χ0) is 15.4. The van der Waals surface area contributed by atoms with Crippen LogP contribution >= 0.6 is 15.9 Å². The highest BCUT2D eigenvalue weighted by Gasteiger charge is 2.21. The number of rotatable bonds is 6. The molecule has 0 fully saturated rings. The van der Waals surface area contributed by atoms with Gasteiger partial charge in [0.25, 0.3) is 0 Å². The molecule has 2 rings (SSSR count). The molecule has 1 aliphatic heterocycles. The Morgan fingerprint density at radius 1 is 1.48 bits per heavy atom. The predicted octanol–water partition coefficient (Wildman–Crippen LogP) is 3.16. The van der Waals surface area contributed by atoms with Crippen molar-refractivity contribution in [3.63, 3.8) is 0 Å². The quantitative estimate of drug-likeness (QED) is 0.734. The second-order valence-corrected chi connectivity index (χ2v) is 6.37. The standard InChI is InChI=1S/C16H22BrNO3/c1-4-20-15(19)10-18(11(2)3)9-13-8-14(17)7-12-5-6-21-16(12)13/h7-8,11H,4-6,9-10H2,1-3H3. The molecule has 116 valence electrons. The maximum atomic E-state index is 11.7. The van der Waals surface area contributed by atoms with Crippen LogP contribution in [0.5, 0.6) is 5.75 Å². The third kappa shape index (κ3) is 4.20. The highest BCUT2D eigenvalue weighted by atomic mass is 79.9. The molecule has 0 radical (unpaired) electrons. The molecule has 1 heterocycles. The molecular formula is C16H22BrNO3. The maximum Gasteiger partial charge on any atom is 0.320 e. The SMILES string of the molecule is CCOC(=O)CN(Cc1cc(Br)cc2c1OCC2)C(C)C. The van der Waals surface area contributed by atoms with E-state index in [4.69, 9.17) is 9.47 Å². The number of carbonyl (C=O) groups excluding carboxylic acids is 1. The summed E-state index contributed by atoms with van der Waals surface area (Å²) in [7, 11) is 0. The molecule has 0 unspecified atom stereocenters. The summed E-state index contributed by atoms with van der Waals surface area (Å²) < 4.78 is 11.9. The highest BCUT2D eigenvalue weighted by molar-refractivity contribution is 9.10. The number of ether oxygens (including phenoxy) is 2. The van der Waals surface area contributed by atoms with E-state index >= 15 is 0 Å². The van der Waals surface area contributed by atoms with Gasteiger partial charge in [0.05, 0.1) is 19.8 Å². The first-order chi connectivity index (χ1) is 10.0. The summed E-state index contributed by atoms with van der Waals surface area (Å²) in [5.74, 6) is 0.798. The molecule has 0 atom stereocenters. The molecule has 0 bridgehead atoms. The van der Waals surface area contributed by atoms with E-state index in [1.165, 1.54) is 5.56 Å². The number of esters is 1. The van der Waals surface area contributed by atoms with Crippen LogP contribution in [0.1, 0.15) is 31.9 Å². The van der Waals surface area contributed by atoms with Crippen LogP contribution in [-0.2, 0) is 22.5 Å². The van der Waals surface area contributed by atoms with E-state index in [2.05, 4.69) is 46.8 Å². The summed E-state index contributed by atoms with van der Waals surface area (Å²) >= 11 is 3.55. The van der Waals surface area contributed by atoms with Crippen LogP contribution in [0.25, 0.3) is 0 Å². The smallest absolute Gasteiger partial charge is 0.320 e. The molecule has 1 aliphatic rings. The van der Waals surface area contributed by atoms with Gasteiger partial charge >= 0.3 is 5.97 Å². The topological polar surface area (TPSA) is 38.8 Å². The van der Waals surface area contributed by atoms with Crippen molar-refractivity contribution in [1.82, 2.24) is 4.90 Å². The van der Waals surface area contributed by atoms with Crippen molar-refractivity contribution < 1.29 is 14.3 Å². The van der Waals surface area contributed by atoms with E-state index in [1.54, 1.807) is 0 Å². The van der Waals surface area contributed by atoms with Crippen LogP contribution in [0.15, 0.2) is 16.6 Å². The summed E-state index contributed by atoms with van der Waals surface area (Å²) in [6, 6.07) is 4.44. The van der Waals surface area contributed by atoms with Crippen molar-refractivity contribution in [2.75, 3.05) is 19.8 Å². The fourth-order valence-corrected chi connectivity index (χ4v) is 3.03. The lowest BCUT2D eigenvalue weighted by Gasteiger charge is -2.26. The van der Waals surface area contributed by atoms with Gasteiger partial charge in [-0.15, -0.1) is 0 Å². The third-order valence-electron chi connectivity index (χ3n) is 3.57. The van der Waals surface area contributed by atoms with Crippen molar-refractivity contribution in [2.45, 2.75) is 39.8 Å². The van der Waals surface area contributed by atoms with Crippen molar-refractivity contribution in [3.8, 4) is 5.75 Å². The fraction of sp³-hybridized carbons (Fsp3) is 0.562. The Bertz CT molecular complexity index is 516. The maximum absolute atomic E-state index is 11.7. The molecule has 0 saturated heterocycles. The molecule has 0 amide bonds. The lowest BCUT2D eigenvalue weighted by atomic mass is 10.1. The number of carbonyl (C=O) groups is 1. The first kappa shape index (κ1) is 16.3. The minimum atomic E-state index is -0.182. The molecule has 21 heavy (non-hydrogen) atoms. The summed E-state index contributed by atoms with van der Waals surface area (Å²) in [6.07, 6.45) is 0.946. The van der Waals surface area contributed by atoms with E-state index in [0.29, 0.717) is 19.7 Å². The number of hydrogen-bond donors (Lipinski definition) is 0. The van der Waals surface area contributed by atoms with Crippen LogP contribution in [0.2, 0.25) is 0 Å². The van der Waals surface area contributed by atoms with E-state index < -0.39 is 0 Å². The molecule has 1 aromatic rings. The third-order valence-corrected chi connectivity index (χ3v) is 4.02. The Kier molecular flexibility index (Phi) is 5.65. The number of nitrogens with zero attached hydrogens (tertiary/aromatic N) is 1. The van der Waals surface area contributed by atoms with Gasteiger partial charge in [-0.25, -0.2) is 0 Å². The monoisotopic (exact) mass is 355 g/mol. The zero-order valence-corrected chi connectivity index (χ0v) is 14.4. The molecule has 0 aliphatic carbocycles. The lowest BCUT2D eigenvalue weighted by Crippen LogP contribution is -2.36. The van der Waals surface area contributed by atoms with Crippen molar-refractivity contribution >= 4 is 21.9 Å². The highest BCUT2D eigenvalue weighted by Crippen LogP contribution is 2.34. The molecular weight excluding hydrogens is 334 g/mol. The summed E-state index contributed by atoms with van der Waals surface area (Å²) in [6.45, 7) is 8.12. The molecule has 1 aromatic carbocycles. The Balaban J connectivity index is 2.16. The van der Waals surface area contributed by atoms with Gasteiger partial charge in [0.15, 0.2) is 0 Å². The van der Waals surface area contributed by atoms with E-state index in [-0.39, 0.29) is 12.0 Å². The zero-order valence-electron chi connectivity index (χ0n) is 12.8. The van der Waals surface area contributed by atoms with Gasteiger partial charge in [0.1, 0.15) is 5.75 Å². The van der Waals surface area contributed by atoms with E-state index in [0.717, 1.165) is 28.8 Å². The fourth-order valence-electron chi connectivity index (χ4n) is 2.48. The molecule has 0 aromatic heterocycles. The average molecular weight is 356 g/mol. The Morgan fingerprint density at radius 2 is 2.24 bits per heavy atom. The predicted molar refractivity (Wildman–Crippen MR) is 85.5 cm³/mol. The largest absolute Gasteiger partial charge is 0.493 e. The van der Waals surface area contributed by atoms with E-state index in [1.807, 2.05) is 6.92 Å². The van der Waals surface area contributed by atoms with Crippen LogP contribution in [0.3, 0.4) is 0 Å². The van der Waals surface area contributed by atoms with Gasteiger partial charge in [-0.3, -0.25) is 9.69 Å². The van der Waals surface area contributed by atoms with E-state index in [9.17, 15) is 4.79 Å². The van der Waals surface area contributed by atoms with Crippen molar-refractivity contribution in [2.24, 2.45) is 0 Å². The Morgan fingerprint density at radius 3 is 2.90 bits per heavy atom. The summed E-state index contributed by atoms with van der Waals surface area (Å²) in [4.78, 5) is 13.8. The van der Waals surface area contributed by atoms with Crippen LogP contribution in [0, 0.1) is 0 Å². The number of fused-ring (bicyclic) bond motifs is 1. The second-order valence-electron chi connectivity index (χ2n) is 5.46. The van der Waals surface area contributed by atoms with Gasteiger partial charge in [0, 0.05) is 29.0 Å². The summed E-state index contributed by atoms with van der Waals surface area (Å²) in [5.41, 5.74) is 2.36. The van der Waals surface area contributed by atoms with Crippen molar-refractivity contribution in [1.29, 1.82) is 0 Å². The molecule has 4 nitrogen and oxygen atoms in total. The van der Waals surface area contributed by atoms with Crippen molar-refractivity contribution in [3.05, 3.63) is 27.7 Å². The Labute approximate surface area is 134 Å². The first-order valence-corrected chi connectivity index (χ1v) is 8.14. The van der Waals surface area contributed by atoms with Gasteiger partial charge in [-0.05, 0) is 38.5 Å². The minimum absolute atomic E-state index is 0.182. The molecule has 0 N–H and O–H groups in total. The first-order valence-electron chi connectivity index (χ1n) is 7.35. The molecule has 0 spiro atoms. The number of halogens is 1.